The summed E-state index contributed by atoms with van der Waals surface area (Å²) in [6, 6.07) is 6.80. The van der Waals surface area contributed by atoms with E-state index in [1.165, 1.54) is 17.0 Å². The summed E-state index contributed by atoms with van der Waals surface area (Å²) in [5.41, 5.74) is 9.40. The molecule has 0 spiro atoms. The zero-order valence-corrected chi connectivity index (χ0v) is 11.1. The topological polar surface area (TPSA) is 29.3 Å². The van der Waals surface area contributed by atoms with Crippen molar-refractivity contribution in [3.05, 3.63) is 23.8 Å². The third kappa shape index (κ3) is 2.01. The van der Waals surface area contributed by atoms with Crippen molar-refractivity contribution in [1.29, 1.82) is 0 Å². The van der Waals surface area contributed by atoms with Gasteiger partial charge in [0.1, 0.15) is 0 Å². The van der Waals surface area contributed by atoms with Crippen molar-refractivity contribution in [2.45, 2.75) is 32.1 Å². The fourth-order valence-electron chi connectivity index (χ4n) is 2.23. The van der Waals surface area contributed by atoms with Crippen LogP contribution in [-0.2, 0) is 0 Å². The predicted octanol–water partition coefficient (Wildman–Crippen LogP) is 2.91. The monoisotopic (exact) mass is 236 g/mol. The quantitative estimate of drug-likeness (QED) is 0.760. The van der Waals surface area contributed by atoms with Gasteiger partial charge in [-0.25, -0.2) is 0 Å². The second-order valence-electron chi connectivity index (χ2n) is 4.50. The first-order valence-electron chi connectivity index (χ1n) is 5.84. The van der Waals surface area contributed by atoms with Gasteiger partial charge in [0.05, 0.1) is 0 Å². The SMILES string of the molecule is Cc1c(N)cccc1N1CCSC(C)C1C. The van der Waals surface area contributed by atoms with E-state index in [-0.39, 0.29) is 0 Å². The van der Waals surface area contributed by atoms with E-state index in [1.807, 2.05) is 6.07 Å². The first-order valence-corrected chi connectivity index (χ1v) is 6.89. The van der Waals surface area contributed by atoms with E-state index in [1.54, 1.807) is 0 Å². The Morgan fingerprint density at radius 3 is 2.88 bits per heavy atom. The number of hydrogen-bond acceptors (Lipinski definition) is 3. The second kappa shape index (κ2) is 4.58. The molecule has 0 aromatic heterocycles. The molecule has 16 heavy (non-hydrogen) atoms. The lowest BCUT2D eigenvalue weighted by Gasteiger charge is -2.40. The van der Waals surface area contributed by atoms with Crippen LogP contribution in [-0.4, -0.2) is 23.6 Å². The number of benzene rings is 1. The van der Waals surface area contributed by atoms with Gasteiger partial charge in [0.2, 0.25) is 0 Å². The molecule has 2 N–H and O–H groups in total. The Kier molecular flexibility index (Phi) is 3.33. The van der Waals surface area contributed by atoms with Gasteiger partial charge in [-0.2, -0.15) is 11.8 Å². The van der Waals surface area contributed by atoms with E-state index < -0.39 is 0 Å². The van der Waals surface area contributed by atoms with Crippen LogP contribution in [0.5, 0.6) is 0 Å². The lowest BCUT2D eigenvalue weighted by molar-refractivity contribution is 0.626. The van der Waals surface area contributed by atoms with Gasteiger partial charge in [0.25, 0.3) is 0 Å². The Balaban J connectivity index is 2.32. The first-order chi connectivity index (χ1) is 7.61. The molecule has 0 bridgehead atoms. The maximum atomic E-state index is 5.98. The molecule has 0 amide bonds. The first kappa shape index (κ1) is 11.6. The summed E-state index contributed by atoms with van der Waals surface area (Å²) in [7, 11) is 0. The van der Waals surface area contributed by atoms with Crippen molar-refractivity contribution < 1.29 is 0 Å². The molecule has 2 unspecified atom stereocenters. The number of nitrogens with zero attached hydrogens (tertiary/aromatic N) is 1. The number of nitrogens with two attached hydrogens (primary N) is 1. The zero-order chi connectivity index (χ0) is 11.7. The molecule has 2 atom stereocenters. The minimum atomic E-state index is 0.583. The van der Waals surface area contributed by atoms with Crippen LogP contribution < -0.4 is 10.6 Å². The fourth-order valence-corrected chi connectivity index (χ4v) is 3.32. The number of hydrogen-bond donors (Lipinski definition) is 1. The van der Waals surface area contributed by atoms with Gasteiger partial charge < -0.3 is 10.6 Å². The van der Waals surface area contributed by atoms with Crippen molar-refractivity contribution >= 4 is 23.1 Å². The van der Waals surface area contributed by atoms with Gasteiger partial charge in [0.15, 0.2) is 0 Å². The Bertz CT molecular complexity index is 378. The average Bonchev–Trinajstić information content (AvgIpc) is 2.27. The van der Waals surface area contributed by atoms with E-state index in [9.17, 15) is 0 Å². The van der Waals surface area contributed by atoms with Gasteiger partial charge in [0, 0.05) is 35.0 Å². The van der Waals surface area contributed by atoms with Crippen LogP contribution in [0.15, 0.2) is 18.2 Å². The van der Waals surface area contributed by atoms with Crippen LogP contribution >= 0.6 is 11.8 Å². The molecule has 1 saturated heterocycles. The van der Waals surface area contributed by atoms with Crippen LogP contribution in [0.25, 0.3) is 0 Å². The van der Waals surface area contributed by atoms with Crippen LogP contribution in [0.4, 0.5) is 11.4 Å². The molecule has 1 aromatic rings. The molecule has 1 aliphatic rings. The highest BCUT2D eigenvalue weighted by Crippen LogP contribution is 2.32. The van der Waals surface area contributed by atoms with Gasteiger partial charge in [-0.3, -0.25) is 0 Å². The smallest absolute Gasteiger partial charge is 0.0419 e. The molecule has 2 nitrogen and oxygen atoms in total. The van der Waals surface area contributed by atoms with Crippen LogP contribution in [0, 0.1) is 6.92 Å². The predicted molar refractivity (Wildman–Crippen MR) is 74.3 cm³/mol. The summed E-state index contributed by atoms with van der Waals surface area (Å²) in [5.74, 6) is 1.21. The Morgan fingerprint density at radius 1 is 1.38 bits per heavy atom. The summed E-state index contributed by atoms with van der Waals surface area (Å²) in [6.45, 7) is 7.85. The average molecular weight is 236 g/mol. The van der Waals surface area contributed by atoms with E-state index in [4.69, 9.17) is 5.73 Å². The normalized spacial score (nSPS) is 25.8. The maximum absolute atomic E-state index is 5.98. The van der Waals surface area contributed by atoms with E-state index in [0.717, 1.165) is 12.2 Å². The minimum Gasteiger partial charge on any atom is -0.398 e. The molecule has 88 valence electrons. The van der Waals surface area contributed by atoms with E-state index >= 15 is 0 Å². The Morgan fingerprint density at radius 2 is 2.12 bits per heavy atom. The van der Waals surface area contributed by atoms with Crippen molar-refractivity contribution in [3.8, 4) is 0 Å². The third-order valence-electron chi connectivity index (χ3n) is 3.54. The standard InChI is InChI=1S/C13H20N2S/c1-9-12(14)5-4-6-13(9)15-7-8-16-11(3)10(15)2/h4-6,10-11H,7-8,14H2,1-3H3. The highest BCUT2D eigenvalue weighted by atomic mass is 32.2. The van der Waals surface area contributed by atoms with Crippen molar-refractivity contribution in [1.82, 2.24) is 0 Å². The van der Waals surface area contributed by atoms with Crippen molar-refractivity contribution in [2.24, 2.45) is 0 Å². The molecule has 1 aliphatic heterocycles. The van der Waals surface area contributed by atoms with Gasteiger partial charge in [-0.05, 0) is 31.5 Å². The summed E-state index contributed by atoms with van der Waals surface area (Å²) < 4.78 is 0. The van der Waals surface area contributed by atoms with E-state index in [2.05, 4.69) is 49.6 Å². The molecule has 1 heterocycles. The number of thioether (sulfide) groups is 1. The molecule has 1 aromatic carbocycles. The zero-order valence-electron chi connectivity index (χ0n) is 10.2. The summed E-state index contributed by atoms with van der Waals surface area (Å²) in [4.78, 5) is 2.49. The molecule has 3 heteroatoms. The molecule has 2 rings (SSSR count). The Hall–Kier alpha value is -0.830. The summed E-state index contributed by atoms with van der Waals surface area (Å²) >= 11 is 2.06. The highest BCUT2D eigenvalue weighted by Gasteiger charge is 2.26. The lowest BCUT2D eigenvalue weighted by Crippen LogP contribution is -2.45. The van der Waals surface area contributed by atoms with Crippen LogP contribution in [0.1, 0.15) is 19.4 Å². The fraction of sp³-hybridized carbons (Fsp3) is 0.538. The Labute approximate surface area is 102 Å². The molecular weight excluding hydrogens is 216 g/mol. The number of nitrogen functional groups attached to an aromatic ring is 1. The second-order valence-corrected chi connectivity index (χ2v) is 5.99. The molecule has 0 saturated carbocycles. The number of anilines is 2. The third-order valence-corrected chi connectivity index (χ3v) is 4.88. The van der Waals surface area contributed by atoms with Gasteiger partial charge in [-0.15, -0.1) is 0 Å². The summed E-state index contributed by atoms with van der Waals surface area (Å²) in [5, 5.41) is 0.689. The van der Waals surface area contributed by atoms with Crippen molar-refractivity contribution in [2.75, 3.05) is 22.9 Å². The lowest BCUT2D eigenvalue weighted by atomic mass is 10.1. The molecule has 0 aliphatic carbocycles. The van der Waals surface area contributed by atoms with Crippen molar-refractivity contribution in [3.63, 3.8) is 0 Å². The van der Waals surface area contributed by atoms with Crippen LogP contribution in [0.2, 0.25) is 0 Å². The maximum Gasteiger partial charge on any atom is 0.0419 e. The molecular formula is C13H20N2S. The highest BCUT2D eigenvalue weighted by molar-refractivity contribution is 8.00. The minimum absolute atomic E-state index is 0.583. The van der Waals surface area contributed by atoms with Crippen LogP contribution in [0.3, 0.4) is 0 Å². The summed E-state index contributed by atoms with van der Waals surface area (Å²) in [6.07, 6.45) is 0. The number of rotatable bonds is 1. The largest absolute Gasteiger partial charge is 0.398 e. The van der Waals surface area contributed by atoms with Gasteiger partial charge in [-0.1, -0.05) is 13.0 Å². The molecule has 1 fully saturated rings. The van der Waals surface area contributed by atoms with E-state index in [0.29, 0.717) is 11.3 Å². The van der Waals surface area contributed by atoms with Gasteiger partial charge >= 0.3 is 0 Å². The molecule has 0 radical (unpaired) electrons.